The van der Waals surface area contributed by atoms with Gasteiger partial charge in [0.1, 0.15) is 11.3 Å². The molecule has 2 aromatic heterocycles. The van der Waals surface area contributed by atoms with Gasteiger partial charge in [-0.2, -0.15) is 13.9 Å². The molecule has 0 aliphatic rings. The van der Waals surface area contributed by atoms with Crippen LogP contribution in [0.2, 0.25) is 0 Å². The molecule has 148 valence electrons. The molecule has 0 aliphatic heterocycles. The van der Waals surface area contributed by atoms with Gasteiger partial charge < -0.3 is 14.8 Å². The third-order valence-electron chi connectivity index (χ3n) is 3.73. The van der Waals surface area contributed by atoms with E-state index in [9.17, 15) is 22.4 Å². The summed E-state index contributed by atoms with van der Waals surface area (Å²) in [6.07, 6.45) is -1.68. The molecule has 3 aromatic rings. The zero-order valence-electron chi connectivity index (χ0n) is 14.6. The Labute approximate surface area is 155 Å². The lowest BCUT2D eigenvalue weighted by molar-refractivity contribution is -0.0512. The minimum absolute atomic E-state index is 0.0214. The molecule has 3 rings (SSSR count). The van der Waals surface area contributed by atoms with Gasteiger partial charge in [-0.05, 0) is 25.1 Å². The molecule has 0 fully saturated rings. The molecule has 0 spiro atoms. The summed E-state index contributed by atoms with van der Waals surface area (Å²) < 4.78 is 61.3. The van der Waals surface area contributed by atoms with Crippen molar-refractivity contribution in [3.05, 3.63) is 47.4 Å². The SMILES string of the molecule is COc1cc(NC(=O)c2cnn3c(C(F)F)cc(C)nc23)ccc1OC(F)F. The van der Waals surface area contributed by atoms with Gasteiger partial charge in [-0.15, -0.1) is 0 Å². The summed E-state index contributed by atoms with van der Waals surface area (Å²) in [7, 11) is 1.25. The second-order valence-corrected chi connectivity index (χ2v) is 5.62. The third kappa shape index (κ3) is 3.82. The van der Waals surface area contributed by atoms with Gasteiger partial charge in [0.15, 0.2) is 17.1 Å². The average Bonchev–Trinajstić information content (AvgIpc) is 3.05. The number of alkyl halides is 4. The molecule has 0 unspecified atom stereocenters. The number of aromatic nitrogens is 3. The number of hydrogen-bond acceptors (Lipinski definition) is 5. The van der Waals surface area contributed by atoms with Crippen LogP contribution in [0.4, 0.5) is 23.2 Å². The lowest BCUT2D eigenvalue weighted by Crippen LogP contribution is -2.13. The van der Waals surface area contributed by atoms with Crippen LogP contribution in [0.3, 0.4) is 0 Å². The number of hydrogen-bond donors (Lipinski definition) is 1. The summed E-state index contributed by atoms with van der Waals surface area (Å²) in [6.45, 7) is -1.51. The number of halogens is 4. The molecule has 28 heavy (non-hydrogen) atoms. The number of aryl methyl sites for hydroxylation is 1. The fraction of sp³-hybridized carbons (Fsp3) is 0.235. The second-order valence-electron chi connectivity index (χ2n) is 5.62. The zero-order valence-corrected chi connectivity index (χ0v) is 14.6. The molecule has 0 saturated carbocycles. The molecule has 1 N–H and O–H groups in total. The van der Waals surface area contributed by atoms with Crippen molar-refractivity contribution in [1.29, 1.82) is 0 Å². The van der Waals surface area contributed by atoms with E-state index in [4.69, 9.17) is 4.74 Å². The number of nitrogens with one attached hydrogen (secondary N) is 1. The highest BCUT2D eigenvalue weighted by Gasteiger charge is 2.21. The second kappa shape index (κ2) is 7.71. The van der Waals surface area contributed by atoms with Gasteiger partial charge in [0.25, 0.3) is 12.3 Å². The number of amides is 1. The van der Waals surface area contributed by atoms with Crippen LogP contribution < -0.4 is 14.8 Å². The van der Waals surface area contributed by atoms with Crippen molar-refractivity contribution >= 4 is 17.2 Å². The summed E-state index contributed by atoms with van der Waals surface area (Å²) in [4.78, 5) is 16.7. The summed E-state index contributed by atoms with van der Waals surface area (Å²) >= 11 is 0. The highest BCUT2D eigenvalue weighted by Crippen LogP contribution is 2.31. The van der Waals surface area contributed by atoms with Crippen LogP contribution >= 0.6 is 0 Å². The van der Waals surface area contributed by atoms with Gasteiger partial charge in [-0.3, -0.25) is 4.79 Å². The van der Waals surface area contributed by atoms with E-state index in [0.717, 1.165) is 10.7 Å². The molecule has 1 amide bonds. The van der Waals surface area contributed by atoms with E-state index in [1.54, 1.807) is 0 Å². The van der Waals surface area contributed by atoms with Crippen molar-refractivity contribution in [3.63, 3.8) is 0 Å². The van der Waals surface area contributed by atoms with Gasteiger partial charge in [-0.1, -0.05) is 0 Å². The van der Waals surface area contributed by atoms with Crippen LogP contribution in [0.15, 0.2) is 30.5 Å². The number of rotatable bonds is 6. The predicted molar refractivity (Wildman–Crippen MR) is 90.3 cm³/mol. The Balaban J connectivity index is 1.91. The van der Waals surface area contributed by atoms with E-state index >= 15 is 0 Å². The predicted octanol–water partition coefficient (Wildman–Crippen LogP) is 3.84. The quantitative estimate of drug-likeness (QED) is 0.639. The van der Waals surface area contributed by atoms with E-state index in [0.29, 0.717) is 5.69 Å². The van der Waals surface area contributed by atoms with Crippen LogP contribution in [0.25, 0.3) is 5.65 Å². The number of ether oxygens (including phenoxy) is 2. The average molecular weight is 398 g/mol. The first-order valence-corrected chi connectivity index (χ1v) is 7.87. The summed E-state index contributed by atoms with van der Waals surface area (Å²) in [5.41, 5.74) is 0.0590. The Bertz CT molecular complexity index is 1020. The van der Waals surface area contributed by atoms with Crippen LogP contribution in [0, 0.1) is 6.92 Å². The topological polar surface area (TPSA) is 77.8 Å². The lowest BCUT2D eigenvalue weighted by atomic mass is 10.2. The van der Waals surface area contributed by atoms with Gasteiger partial charge in [-0.25, -0.2) is 18.3 Å². The van der Waals surface area contributed by atoms with E-state index < -0.39 is 24.6 Å². The molecule has 11 heteroatoms. The minimum atomic E-state index is -3.04. The van der Waals surface area contributed by atoms with Crippen molar-refractivity contribution < 1.29 is 31.8 Å². The molecular formula is C17H14F4N4O3. The van der Waals surface area contributed by atoms with Crippen molar-refractivity contribution in [3.8, 4) is 11.5 Å². The Kier molecular flexibility index (Phi) is 5.34. The number of benzene rings is 1. The maximum Gasteiger partial charge on any atom is 0.387 e. The normalized spacial score (nSPS) is 11.3. The summed E-state index contributed by atoms with van der Waals surface area (Å²) in [6, 6.07) is 4.99. The Morgan fingerprint density at radius 2 is 1.93 bits per heavy atom. The van der Waals surface area contributed by atoms with Crippen LogP contribution in [-0.2, 0) is 0 Å². The van der Waals surface area contributed by atoms with Gasteiger partial charge in [0.05, 0.1) is 13.3 Å². The van der Waals surface area contributed by atoms with E-state index in [2.05, 4.69) is 20.1 Å². The first-order valence-electron chi connectivity index (χ1n) is 7.87. The standard InChI is InChI=1S/C17H14F4N4O3/c1-8-5-11(14(18)19)25-15(23-8)10(7-22-25)16(26)24-9-3-4-12(28-17(20)21)13(6-9)27-2/h3-7,14,17H,1-2H3,(H,24,26). The maximum atomic E-state index is 13.2. The first-order chi connectivity index (χ1) is 13.3. The van der Waals surface area contributed by atoms with Crippen LogP contribution in [0.5, 0.6) is 11.5 Å². The fourth-order valence-electron chi connectivity index (χ4n) is 2.57. The van der Waals surface area contributed by atoms with Gasteiger partial charge >= 0.3 is 6.61 Å². The molecular weight excluding hydrogens is 384 g/mol. The number of carbonyl (C=O) groups excluding carboxylic acids is 1. The molecule has 7 nitrogen and oxygen atoms in total. The first kappa shape index (κ1) is 19.4. The Morgan fingerprint density at radius 1 is 1.18 bits per heavy atom. The molecule has 0 atom stereocenters. The maximum absolute atomic E-state index is 13.2. The number of fused-ring (bicyclic) bond motifs is 1. The third-order valence-corrected chi connectivity index (χ3v) is 3.73. The minimum Gasteiger partial charge on any atom is -0.493 e. The highest BCUT2D eigenvalue weighted by molar-refractivity contribution is 6.08. The summed E-state index contributed by atoms with van der Waals surface area (Å²) in [5, 5.41) is 6.33. The van der Waals surface area contributed by atoms with Crippen molar-refractivity contribution in [2.24, 2.45) is 0 Å². The fourth-order valence-corrected chi connectivity index (χ4v) is 2.57. The molecule has 0 aliphatic carbocycles. The number of nitrogens with zero attached hydrogens (tertiary/aromatic N) is 3. The molecule has 0 radical (unpaired) electrons. The van der Waals surface area contributed by atoms with Crippen molar-refractivity contribution in [2.45, 2.75) is 20.0 Å². The van der Waals surface area contributed by atoms with E-state index in [-0.39, 0.29) is 28.4 Å². The molecule has 0 bridgehead atoms. The van der Waals surface area contributed by atoms with Crippen LogP contribution in [-0.4, -0.2) is 34.2 Å². The van der Waals surface area contributed by atoms with Crippen molar-refractivity contribution in [1.82, 2.24) is 14.6 Å². The summed E-state index contributed by atoms with van der Waals surface area (Å²) in [5.74, 6) is -0.893. The van der Waals surface area contributed by atoms with E-state index in [1.807, 2.05) is 0 Å². The number of carbonyl (C=O) groups is 1. The van der Waals surface area contributed by atoms with Gasteiger partial charge in [0, 0.05) is 17.4 Å². The number of anilines is 1. The van der Waals surface area contributed by atoms with Gasteiger partial charge in [0.2, 0.25) is 0 Å². The lowest BCUT2D eigenvalue weighted by Gasteiger charge is -2.12. The monoisotopic (exact) mass is 398 g/mol. The van der Waals surface area contributed by atoms with E-state index in [1.165, 1.54) is 38.3 Å². The highest BCUT2D eigenvalue weighted by atomic mass is 19.3. The van der Waals surface area contributed by atoms with Crippen LogP contribution in [0.1, 0.15) is 28.2 Å². The molecule has 2 heterocycles. The zero-order chi connectivity index (χ0) is 20.4. The number of methoxy groups -OCH3 is 1. The Hall–Kier alpha value is -3.37. The Morgan fingerprint density at radius 3 is 2.57 bits per heavy atom. The molecule has 0 saturated heterocycles. The largest absolute Gasteiger partial charge is 0.493 e. The molecule has 1 aromatic carbocycles. The smallest absolute Gasteiger partial charge is 0.387 e. The van der Waals surface area contributed by atoms with Crippen molar-refractivity contribution in [2.75, 3.05) is 12.4 Å².